The summed E-state index contributed by atoms with van der Waals surface area (Å²) in [5.41, 5.74) is 1.04. The molecule has 0 bridgehead atoms. The van der Waals surface area contributed by atoms with Crippen molar-refractivity contribution in [2.45, 2.75) is 25.9 Å². The van der Waals surface area contributed by atoms with Crippen LogP contribution in [-0.2, 0) is 19.1 Å². The van der Waals surface area contributed by atoms with Gasteiger partial charge in [-0.15, -0.1) is 0 Å². The zero-order chi connectivity index (χ0) is 18.1. The number of rotatable bonds is 8. The summed E-state index contributed by atoms with van der Waals surface area (Å²) in [5, 5.41) is 0. The maximum Gasteiger partial charge on any atom is 0.307 e. The molecule has 2 rings (SSSR count). The first kappa shape index (κ1) is 18.4. The molecule has 130 valence electrons. The van der Waals surface area contributed by atoms with Gasteiger partial charge in [0.15, 0.2) is 6.10 Å². The van der Waals surface area contributed by atoms with E-state index in [0.717, 1.165) is 0 Å². The van der Waals surface area contributed by atoms with E-state index >= 15 is 0 Å². The second-order valence-electron chi connectivity index (χ2n) is 5.32. The van der Waals surface area contributed by atoms with Crippen LogP contribution in [0.4, 0.5) is 0 Å². The molecule has 25 heavy (non-hydrogen) atoms. The van der Waals surface area contributed by atoms with Crippen molar-refractivity contribution in [3.63, 3.8) is 0 Å². The van der Waals surface area contributed by atoms with Gasteiger partial charge in [-0.25, -0.2) is 0 Å². The van der Waals surface area contributed by atoms with Crippen LogP contribution in [0.1, 0.15) is 41.8 Å². The number of hydrogen-bond acceptors (Lipinski definition) is 5. The van der Waals surface area contributed by atoms with Crippen LogP contribution in [0.25, 0.3) is 0 Å². The third kappa shape index (κ3) is 5.57. The van der Waals surface area contributed by atoms with Crippen LogP contribution >= 0.6 is 0 Å². The molecule has 2 aromatic rings. The second-order valence-corrected chi connectivity index (χ2v) is 5.32. The summed E-state index contributed by atoms with van der Waals surface area (Å²) in [5.74, 6) is -1.40. The van der Waals surface area contributed by atoms with Gasteiger partial charge >= 0.3 is 11.9 Å². The highest BCUT2D eigenvalue weighted by Crippen LogP contribution is 2.23. The van der Waals surface area contributed by atoms with Gasteiger partial charge in [0.25, 0.3) is 0 Å². The molecule has 2 aromatic carbocycles. The zero-order valence-electron chi connectivity index (χ0n) is 14.0. The van der Waals surface area contributed by atoms with E-state index in [4.69, 9.17) is 9.47 Å². The zero-order valence-corrected chi connectivity index (χ0v) is 14.0. The predicted octanol–water partition coefficient (Wildman–Crippen LogP) is 3.50. The fourth-order valence-corrected chi connectivity index (χ4v) is 2.28. The number of carbonyl (C=O) groups excluding carboxylic acids is 3. The Hall–Kier alpha value is -2.95. The minimum absolute atomic E-state index is 0.0757. The molecule has 0 aromatic heterocycles. The molecule has 0 radical (unpaired) electrons. The van der Waals surface area contributed by atoms with Crippen molar-refractivity contribution in [3.05, 3.63) is 71.8 Å². The van der Waals surface area contributed by atoms with E-state index in [9.17, 15) is 14.4 Å². The maximum atomic E-state index is 12.8. The summed E-state index contributed by atoms with van der Waals surface area (Å²) < 4.78 is 10.2. The molecule has 0 saturated carbocycles. The number of benzene rings is 2. The Morgan fingerprint density at radius 3 is 2.00 bits per heavy atom. The summed E-state index contributed by atoms with van der Waals surface area (Å²) in [6, 6.07) is 17.5. The molecule has 0 aliphatic carbocycles. The van der Waals surface area contributed by atoms with Gasteiger partial charge in [-0.3, -0.25) is 14.4 Å². The first-order chi connectivity index (χ1) is 12.1. The number of esters is 2. The van der Waals surface area contributed by atoms with Gasteiger partial charge in [0, 0.05) is 11.1 Å². The molecule has 5 nitrogen and oxygen atoms in total. The minimum atomic E-state index is -1.04. The fourth-order valence-electron chi connectivity index (χ4n) is 2.28. The van der Waals surface area contributed by atoms with Crippen LogP contribution in [-0.4, -0.2) is 24.3 Å². The van der Waals surface area contributed by atoms with E-state index in [1.165, 1.54) is 0 Å². The standard InChI is InChI=1S/C20H20O5/c1-2-24-17(21)13-14-18(22)25-20(16-11-7-4-8-12-16)19(23)15-9-5-3-6-10-15/h3-12,20H,2,13-14H2,1H3. The van der Waals surface area contributed by atoms with Crippen molar-refractivity contribution < 1.29 is 23.9 Å². The van der Waals surface area contributed by atoms with Gasteiger partial charge < -0.3 is 9.47 Å². The van der Waals surface area contributed by atoms with Gasteiger partial charge in [-0.05, 0) is 6.92 Å². The maximum absolute atomic E-state index is 12.8. The highest BCUT2D eigenvalue weighted by molar-refractivity contribution is 6.01. The Balaban J connectivity index is 2.12. The average Bonchev–Trinajstić information content (AvgIpc) is 2.65. The summed E-state index contributed by atoms with van der Waals surface area (Å²) in [6.07, 6.45) is -1.25. The Morgan fingerprint density at radius 2 is 1.40 bits per heavy atom. The van der Waals surface area contributed by atoms with Crippen molar-refractivity contribution in [1.29, 1.82) is 0 Å². The third-order valence-corrected chi connectivity index (χ3v) is 3.49. The molecule has 0 heterocycles. The molecule has 0 fully saturated rings. The largest absolute Gasteiger partial charge is 0.466 e. The molecule has 0 aliphatic heterocycles. The van der Waals surface area contributed by atoms with Gasteiger partial charge in [0.1, 0.15) is 0 Å². The lowest BCUT2D eigenvalue weighted by molar-refractivity contribution is -0.152. The summed E-state index contributed by atoms with van der Waals surface area (Å²) in [6.45, 7) is 1.95. The van der Waals surface area contributed by atoms with Crippen molar-refractivity contribution in [1.82, 2.24) is 0 Å². The average molecular weight is 340 g/mol. The topological polar surface area (TPSA) is 69.7 Å². The Labute approximate surface area is 146 Å². The molecule has 0 N–H and O–H groups in total. The van der Waals surface area contributed by atoms with Gasteiger partial charge in [0.05, 0.1) is 19.4 Å². The van der Waals surface area contributed by atoms with Crippen molar-refractivity contribution in [2.24, 2.45) is 0 Å². The van der Waals surface area contributed by atoms with Crippen molar-refractivity contribution in [3.8, 4) is 0 Å². The molecule has 1 unspecified atom stereocenters. The van der Waals surface area contributed by atoms with Gasteiger partial charge in [-0.2, -0.15) is 0 Å². The highest BCUT2D eigenvalue weighted by Gasteiger charge is 2.26. The van der Waals surface area contributed by atoms with Gasteiger partial charge in [0.2, 0.25) is 5.78 Å². The lowest BCUT2D eigenvalue weighted by Crippen LogP contribution is -2.21. The molecule has 0 amide bonds. The first-order valence-electron chi connectivity index (χ1n) is 8.11. The second kappa shape index (κ2) is 9.37. The molecule has 0 saturated heterocycles. The number of hydrogen-bond donors (Lipinski definition) is 0. The van der Waals surface area contributed by atoms with Crippen molar-refractivity contribution >= 4 is 17.7 Å². The summed E-state index contributed by atoms with van der Waals surface area (Å²) in [7, 11) is 0. The Kier molecular flexibility index (Phi) is 6.89. The summed E-state index contributed by atoms with van der Waals surface area (Å²) in [4.78, 5) is 36.2. The van der Waals surface area contributed by atoms with Crippen LogP contribution in [0.3, 0.4) is 0 Å². The quantitative estimate of drug-likeness (QED) is 0.543. The number of ether oxygens (including phenoxy) is 2. The highest BCUT2D eigenvalue weighted by atomic mass is 16.5. The lowest BCUT2D eigenvalue weighted by atomic mass is 10.00. The number of carbonyl (C=O) groups is 3. The summed E-state index contributed by atoms with van der Waals surface area (Å²) >= 11 is 0. The fraction of sp³-hybridized carbons (Fsp3) is 0.250. The van der Waals surface area contributed by atoms with Crippen LogP contribution in [0.15, 0.2) is 60.7 Å². The van der Waals surface area contributed by atoms with Crippen molar-refractivity contribution in [2.75, 3.05) is 6.61 Å². The number of Topliss-reactive ketones (excluding diaryl/α,β-unsaturated/α-hetero) is 1. The van der Waals surface area contributed by atoms with Gasteiger partial charge in [-0.1, -0.05) is 60.7 Å². The van der Waals surface area contributed by atoms with E-state index in [1.54, 1.807) is 61.5 Å². The van der Waals surface area contributed by atoms with Crippen LogP contribution in [0.2, 0.25) is 0 Å². The van der Waals surface area contributed by atoms with E-state index < -0.39 is 18.0 Å². The van der Waals surface area contributed by atoms with E-state index in [2.05, 4.69) is 0 Å². The first-order valence-corrected chi connectivity index (χ1v) is 8.11. The molecule has 1 atom stereocenters. The predicted molar refractivity (Wildman–Crippen MR) is 91.9 cm³/mol. The minimum Gasteiger partial charge on any atom is -0.466 e. The van der Waals surface area contributed by atoms with Crippen LogP contribution in [0, 0.1) is 0 Å². The smallest absolute Gasteiger partial charge is 0.307 e. The third-order valence-electron chi connectivity index (χ3n) is 3.49. The molecule has 5 heteroatoms. The molecular weight excluding hydrogens is 320 g/mol. The number of ketones is 1. The molecule has 0 spiro atoms. The molecular formula is C20H20O5. The van der Waals surface area contributed by atoms with E-state index in [0.29, 0.717) is 11.1 Å². The SMILES string of the molecule is CCOC(=O)CCC(=O)OC(C(=O)c1ccccc1)c1ccccc1. The van der Waals surface area contributed by atoms with Crippen LogP contribution < -0.4 is 0 Å². The van der Waals surface area contributed by atoms with Crippen LogP contribution in [0.5, 0.6) is 0 Å². The van der Waals surface area contributed by atoms with E-state index in [1.807, 2.05) is 6.07 Å². The monoisotopic (exact) mass is 340 g/mol. The lowest BCUT2D eigenvalue weighted by Gasteiger charge is -2.17. The Morgan fingerprint density at radius 1 is 0.840 bits per heavy atom. The Bertz CT molecular complexity index is 709. The normalized spacial score (nSPS) is 11.4. The van der Waals surface area contributed by atoms with E-state index in [-0.39, 0.29) is 25.2 Å². The molecule has 0 aliphatic rings.